The van der Waals surface area contributed by atoms with Gasteiger partial charge in [-0.25, -0.2) is 13.1 Å². The highest BCUT2D eigenvalue weighted by atomic mass is 32.2. The second-order valence-electron chi connectivity index (χ2n) is 3.39. The molecule has 0 saturated heterocycles. The van der Waals surface area contributed by atoms with E-state index in [1.165, 1.54) is 13.8 Å². The van der Waals surface area contributed by atoms with Gasteiger partial charge in [-0.15, -0.1) is 5.10 Å². The van der Waals surface area contributed by atoms with E-state index in [1.807, 2.05) is 0 Å². The Bertz CT molecular complexity index is 623. The molecule has 0 fully saturated rings. The van der Waals surface area contributed by atoms with Gasteiger partial charge in [0.05, 0.1) is 0 Å². The summed E-state index contributed by atoms with van der Waals surface area (Å²) in [4.78, 5) is -0.0200. The van der Waals surface area contributed by atoms with Gasteiger partial charge in [0.25, 0.3) is 10.0 Å². The number of hydrogen-bond donors (Lipinski definition) is 1. The number of aromatic nitrogens is 3. The van der Waals surface area contributed by atoms with Crippen LogP contribution in [-0.4, -0.2) is 23.8 Å². The van der Waals surface area contributed by atoms with E-state index in [0.717, 1.165) is 0 Å². The molecule has 0 aliphatic rings. The molecule has 92 valence electrons. The number of sulfonamides is 1. The summed E-state index contributed by atoms with van der Waals surface area (Å²) in [6.07, 6.45) is 0. The van der Waals surface area contributed by atoms with E-state index in [2.05, 4.69) is 20.1 Å². The lowest BCUT2D eigenvalue weighted by Crippen LogP contribution is -2.14. The van der Waals surface area contributed by atoms with E-state index in [1.54, 1.807) is 6.92 Å². The van der Waals surface area contributed by atoms with Gasteiger partial charge in [0.2, 0.25) is 5.89 Å². The minimum atomic E-state index is -3.82. The molecule has 2 rings (SSSR count). The largest absolute Gasteiger partial charge is 0.408 e. The lowest BCUT2D eigenvalue weighted by molar-refractivity contribution is 0.390. The Hall–Kier alpha value is -1.90. The SMILES string of the molecule is Cc1nnc(NS(=O)(=O)c2c(C)noc2C)o1. The summed E-state index contributed by atoms with van der Waals surface area (Å²) in [5.74, 6) is 0.465. The second-order valence-corrected chi connectivity index (χ2v) is 5.00. The zero-order valence-corrected chi connectivity index (χ0v) is 10.2. The van der Waals surface area contributed by atoms with E-state index < -0.39 is 10.0 Å². The summed E-state index contributed by atoms with van der Waals surface area (Å²) in [5.41, 5.74) is 0.270. The third-order valence-electron chi connectivity index (χ3n) is 1.98. The van der Waals surface area contributed by atoms with Crippen LogP contribution < -0.4 is 4.72 Å². The molecule has 0 unspecified atom stereocenters. The Morgan fingerprint density at radius 2 is 1.88 bits per heavy atom. The van der Waals surface area contributed by atoms with Crippen molar-refractivity contribution in [1.82, 2.24) is 15.4 Å². The van der Waals surface area contributed by atoms with Gasteiger partial charge < -0.3 is 8.94 Å². The zero-order valence-electron chi connectivity index (χ0n) is 9.38. The normalized spacial score (nSPS) is 11.7. The Morgan fingerprint density at radius 3 is 2.35 bits per heavy atom. The third kappa shape index (κ3) is 2.13. The molecular formula is C8H10N4O4S. The third-order valence-corrected chi connectivity index (χ3v) is 3.55. The molecule has 0 saturated carbocycles. The topological polar surface area (TPSA) is 111 Å². The maximum Gasteiger partial charge on any atom is 0.329 e. The van der Waals surface area contributed by atoms with Crippen molar-refractivity contribution in [2.45, 2.75) is 25.7 Å². The predicted molar refractivity (Wildman–Crippen MR) is 55.8 cm³/mol. The molecule has 9 heteroatoms. The maximum atomic E-state index is 12.0. The summed E-state index contributed by atoms with van der Waals surface area (Å²) in [5, 5.41) is 10.6. The number of aryl methyl sites for hydroxylation is 3. The summed E-state index contributed by atoms with van der Waals surface area (Å²) in [7, 11) is -3.82. The number of rotatable bonds is 3. The van der Waals surface area contributed by atoms with E-state index in [0.29, 0.717) is 0 Å². The van der Waals surface area contributed by atoms with Gasteiger partial charge in [0, 0.05) is 6.92 Å². The Labute approximate surface area is 97.1 Å². The molecule has 0 aromatic carbocycles. The van der Waals surface area contributed by atoms with E-state index >= 15 is 0 Å². The Kier molecular flexibility index (Phi) is 2.62. The molecule has 0 amide bonds. The van der Waals surface area contributed by atoms with Crippen molar-refractivity contribution in [1.29, 1.82) is 0 Å². The average molecular weight is 258 g/mol. The highest BCUT2D eigenvalue weighted by Crippen LogP contribution is 2.21. The molecule has 0 aliphatic carbocycles. The highest BCUT2D eigenvalue weighted by molar-refractivity contribution is 7.92. The first kappa shape index (κ1) is 11.6. The summed E-state index contributed by atoms with van der Waals surface area (Å²) >= 11 is 0. The molecule has 1 N–H and O–H groups in total. The first-order valence-electron chi connectivity index (χ1n) is 4.66. The number of nitrogens with one attached hydrogen (secondary N) is 1. The molecule has 0 bridgehead atoms. The molecule has 2 heterocycles. The van der Waals surface area contributed by atoms with Crippen LogP contribution in [-0.2, 0) is 10.0 Å². The lowest BCUT2D eigenvalue weighted by atomic mass is 10.4. The van der Waals surface area contributed by atoms with Crippen molar-refractivity contribution in [3.05, 3.63) is 17.3 Å². The molecule has 2 aromatic rings. The molecule has 0 spiro atoms. The molecular weight excluding hydrogens is 248 g/mol. The summed E-state index contributed by atoms with van der Waals surface area (Å²) in [6.45, 7) is 4.60. The van der Waals surface area contributed by atoms with Gasteiger partial charge in [0.15, 0.2) is 10.7 Å². The van der Waals surface area contributed by atoms with Gasteiger partial charge in [-0.1, -0.05) is 10.3 Å². The van der Waals surface area contributed by atoms with Gasteiger partial charge in [-0.3, -0.25) is 0 Å². The molecule has 0 atom stereocenters. The molecule has 0 aliphatic heterocycles. The van der Waals surface area contributed by atoms with Gasteiger partial charge in [-0.2, -0.15) is 0 Å². The van der Waals surface area contributed by atoms with Crippen molar-refractivity contribution in [3.8, 4) is 0 Å². The van der Waals surface area contributed by atoms with Crippen molar-refractivity contribution in [2.75, 3.05) is 4.72 Å². The van der Waals surface area contributed by atoms with Crippen LogP contribution in [0, 0.1) is 20.8 Å². The lowest BCUT2D eigenvalue weighted by Gasteiger charge is -2.02. The van der Waals surface area contributed by atoms with E-state index in [4.69, 9.17) is 8.94 Å². The van der Waals surface area contributed by atoms with Crippen molar-refractivity contribution in [3.63, 3.8) is 0 Å². The molecule has 8 nitrogen and oxygen atoms in total. The minimum absolute atomic E-state index is 0.0200. The Balaban J connectivity index is 2.38. The predicted octanol–water partition coefficient (Wildman–Crippen LogP) is 0.784. The van der Waals surface area contributed by atoms with E-state index in [-0.39, 0.29) is 28.3 Å². The van der Waals surface area contributed by atoms with Crippen LogP contribution in [0.25, 0.3) is 0 Å². The Morgan fingerprint density at radius 1 is 1.18 bits per heavy atom. The summed E-state index contributed by atoms with van der Waals surface area (Å²) in [6, 6.07) is -0.192. The van der Waals surface area contributed by atoms with Crippen LogP contribution >= 0.6 is 0 Å². The maximum absolute atomic E-state index is 12.0. The van der Waals surface area contributed by atoms with Crippen LogP contribution in [0.2, 0.25) is 0 Å². The fourth-order valence-corrected chi connectivity index (χ4v) is 2.62. The zero-order chi connectivity index (χ0) is 12.6. The average Bonchev–Trinajstić information content (AvgIpc) is 2.73. The quantitative estimate of drug-likeness (QED) is 0.865. The second kappa shape index (κ2) is 3.84. The minimum Gasteiger partial charge on any atom is -0.408 e. The van der Waals surface area contributed by atoms with Gasteiger partial charge in [-0.05, 0) is 13.8 Å². The van der Waals surface area contributed by atoms with Gasteiger partial charge >= 0.3 is 6.01 Å². The van der Waals surface area contributed by atoms with Gasteiger partial charge in [0.1, 0.15) is 5.69 Å². The van der Waals surface area contributed by atoms with Crippen LogP contribution in [0.15, 0.2) is 13.8 Å². The first-order chi connectivity index (χ1) is 7.90. The van der Waals surface area contributed by atoms with Crippen molar-refractivity contribution >= 4 is 16.0 Å². The smallest absolute Gasteiger partial charge is 0.329 e. The fraction of sp³-hybridized carbons (Fsp3) is 0.375. The van der Waals surface area contributed by atoms with Crippen molar-refractivity contribution < 1.29 is 17.4 Å². The van der Waals surface area contributed by atoms with Crippen LogP contribution in [0.4, 0.5) is 6.01 Å². The standard InChI is InChI=1S/C8H10N4O4S/c1-4-7(5(2)16-11-4)17(13,14)12-8-10-9-6(3)15-8/h1-3H3,(H,10,12). The fourth-order valence-electron chi connectivity index (χ4n) is 1.36. The summed E-state index contributed by atoms with van der Waals surface area (Å²) < 4.78 is 35.8. The van der Waals surface area contributed by atoms with Crippen LogP contribution in [0.5, 0.6) is 0 Å². The number of hydrogen-bond acceptors (Lipinski definition) is 7. The monoisotopic (exact) mass is 258 g/mol. The first-order valence-corrected chi connectivity index (χ1v) is 6.14. The number of anilines is 1. The van der Waals surface area contributed by atoms with Crippen LogP contribution in [0.3, 0.4) is 0 Å². The van der Waals surface area contributed by atoms with Crippen LogP contribution in [0.1, 0.15) is 17.3 Å². The number of nitrogens with zero attached hydrogens (tertiary/aromatic N) is 3. The molecule has 0 radical (unpaired) electrons. The molecule has 17 heavy (non-hydrogen) atoms. The van der Waals surface area contributed by atoms with Crippen molar-refractivity contribution in [2.24, 2.45) is 0 Å². The van der Waals surface area contributed by atoms with E-state index in [9.17, 15) is 8.42 Å². The molecule has 2 aromatic heterocycles. The highest BCUT2D eigenvalue weighted by Gasteiger charge is 2.25.